The smallest absolute Gasteiger partial charge is 0.256 e. The van der Waals surface area contributed by atoms with Gasteiger partial charge in [-0.1, -0.05) is 0 Å². The van der Waals surface area contributed by atoms with E-state index in [-0.39, 0.29) is 5.91 Å². The van der Waals surface area contributed by atoms with Crippen molar-refractivity contribution in [2.45, 2.75) is 6.92 Å². The van der Waals surface area contributed by atoms with Gasteiger partial charge in [-0.25, -0.2) is 4.98 Å². The van der Waals surface area contributed by atoms with E-state index in [1.54, 1.807) is 24.5 Å². The summed E-state index contributed by atoms with van der Waals surface area (Å²) in [4.78, 5) is 19.1. The number of aromatic amines is 1. The number of benzene rings is 1. The van der Waals surface area contributed by atoms with Crippen molar-refractivity contribution >= 4 is 34.6 Å². The van der Waals surface area contributed by atoms with Crippen LogP contribution in [0.15, 0.2) is 18.5 Å². The van der Waals surface area contributed by atoms with Crippen LogP contribution in [0.5, 0.6) is 0 Å². The number of amides is 1. The van der Waals surface area contributed by atoms with Crippen molar-refractivity contribution in [3.05, 3.63) is 35.4 Å². The second kappa shape index (κ2) is 3.88. The van der Waals surface area contributed by atoms with Crippen LogP contribution in [0.1, 0.15) is 17.0 Å². The maximum Gasteiger partial charge on any atom is 0.256 e. The lowest BCUT2D eigenvalue weighted by Gasteiger charge is -2.06. The second-order valence-electron chi connectivity index (χ2n) is 4.40. The Bertz CT molecular complexity index is 714. The molecule has 2 heterocycles. The van der Waals surface area contributed by atoms with Crippen LogP contribution >= 0.6 is 0 Å². The number of nitrogens with two attached hydrogens (primary N) is 2. The number of hydrogen-bond donors (Lipinski definition) is 4. The van der Waals surface area contributed by atoms with Crippen molar-refractivity contribution < 1.29 is 4.79 Å². The van der Waals surface area contributed by atoms with Gasteiger partial charge in [0.25, 0.3) is 5.91 Å². The highest BCUT2D eigenvalue weighted by Gasteiger charge is 2.27. The fraction of sp³-hybridized carbons (Fsp3) is 0.0769. The molecule has 1 aliphatic rings. The zero-order valence-electron chi connectivity index (χ0n) is 10.3. The molecule has 1 aromatic heterocycles. The number of anilines is 3. The SMILES string of the molecule is Cc1nc[nH]c1/C=C1\C(=O)Nc2ccc(N)c(N)c21. The number of carbonyl (C=O) groups excluding carboxylic acids is 1. The van der Waals surface area contributed by atoms with Crippen LogP contribution in [0.2, 0.25) is 0 Å². The molecule has 0 aliphatic carbocycles. The van der Waals surface area contributed by atoms with Crippen LogP contribution in [0.4, 0.5) is 17.1 Å². The van der Waals surface area contributed by atoms with E-state index in [1.807, 2.05) is 6.92 Å². The molecule has 0 saturated carbocycles. The minimum absolute atomic E-state index is 0.193. The number of nitrogens with one attached hydrogen (secondary N) is 2. The predicted molar refractivity (Wildman–Crippen MR) is 75.1 cm³/mol. The van der Waals surface area contributed by atoms with Gasteiger partial charge >= 0.3 is 0 Å². The average molecular weight is 255 g/mol. The van der Waals surface area contributed by atoms with Gasteiger partial charge in [-0.05, 0) is 25.1 Å². The first-order valence-corrected chi connectivity index (χ1v) is 5.79. The molecule has 6 N–H and O–H groups in total. The molecular formula is C13H13N5O. The number of fused-ring (bicyclic) bond motifs is 1. The van der Waals surface area contributed by atoms with Crippen molar-refractivity contribution in [2.24, 2.45) is 0 Å². The van der Waals surface area contributed by atoms with Gasteiger partial charge in [0.2, 0.25) is 0 Å². The quantitative estimate of drug-likeness (QED) is 0.455. The first-order valence-electron chi connectivity index (χ1n) is 5.79. The number of H-pyrrole nitrogens is 1. The molecule has 6 nitrogen and oxygen atoms in total. The van der Waals surface area contributed by atoms with E-state index < -0.39 is 0 Å². The minimum atomic E-state index is -0.193. The number of rotatable bonds is 1. The van der Waals surface area contributed by atoms with E-state index in [0.29, 0.717) is 28.2 Å². The maximum absolute atomic E-state index is 12.0. The standard InChI is InChI=1S/C13H13N5O/c1-6-10(17-5-16-6)4-7-11-9(18-13(7)19)3-2-8(14)12(11)15/h2-5H,14-15H2,1H3,(H,16,17)(H,18,19)/b7-4-. The lowest BCUT2D eigenvalue weighted by atomic mass is 10.0. The van der Waals surface area contributed by atoms with E-state index >= 15 is 0 Å². The van der Waals surface area contributed by atoms with Crippen LogP contribution in [-0.4, -0.2) is 15.9 Å². The third-order valence-corrected chi connectivity index (χ3v) is 3.20. The first kappa shape index (κ1) is 11.3. The Balaban J connectivity index is 2.21. The Kier molecular flexibility index (Phi) is 2.31. The Hall–Kier alpha value is -2.76. The van der Waals surface area contributed by atoms with Crippen LogP contribution < -0.4 is 16.8 Å². The monoisotopic (exact) mass is 255 g/mol. The first-order chi connectivity index (χ1) is 9.08. The largest absolute Gasteiger partial charge is 0.397 e. The van der Waals surface area contributed by atoms with Gasteiger partial charge in [-0.2, -0.15) is 0 Å². The molecule has 3 rings (SSSR count). The number of aryl methyl sites for hydroxylation is 1. The van der Waals surface area contributed by atoms with Gasteiger partial charge in [0, 0.05) is 5.56 Å². The van der Waals surface area contributed by atoms with Crippen molar-refractivity contribution in [1.29, 1.82) is 0 Å². The molecule has 96 valence electrons. The van der Waals surface area contributed by atoms with Gasteiger partial charge in [-0.15, -0.1) is 0 Å². The number of nitrogens with zero attached hydrogens (tertiary/aromatic N) is 1. The molecule has 1 aromatic carbocycles. The second-order valence-corrected chi connectivity index (χ2v) is 4.40. The summed E-state index contributed by atoms with van der Waals surface area (Å²) in [5.41, 5.74) is 16.1. The molecule has 0 bridgehead atoms. The molecule has 2 aromatic rings. The van der Waals surface area contributed by atoms with Crippen LogP contribution in [0.3, 0.4) is 0 Å². The summed E-state index contributed by atoms with van der Waals surface area (Å²) in [6.45, 7) is 1.86. The van der Waals surface area contributed by atoms with Gasteiger partial charge in [0.05, 0.1) is 40.4 Å². The van der Waals surface area contributed by atoms with E-state index in [2.05, 4.69) is 15.3 Å². The van der Waals surface area contributed by atoms with Crippen molar-refractivity contribution in [1.82, 2.24) is 9.97 Å². The maximum atomic E-state index is 12.0. The zero-order chi connectivity index (χ0) is 13.6. The number of hydrogen-bond acceptors (Lipinski definition) is 4. The molecule has 0 radical (unpaired) electrons. The van der Waals surface area contributed by atoms with Crippen LogP contribution in [0, 0.1) is 6.92 Å². The summed E-state index contributed by atoms with van der Waals surface area (Å²) < 4.78 is 0. The highest BCUT2D eigenvalue weighted by Crippen LogP contribution is 2.39. The highest BCUT2D eigenvalue weighted by molar-refractivity contribution is 6.36. The molecule has 0 unspecified atom stereocenters. The van der Waals surface area contributed by atoms with Crippen molar-refractivity contribution in [2.75, 3.05) is 16.8 Å². The topological polar surface area (TPSA) is 110 Å². The lowest BCUT2D eigenvalue weighted by Crippen LogP contribution is -2.03. The molecular weight excluding hydrogens is 242 g/mol. The minimum Gasteiger partial charge on any atom is -0.397 e. The van der Waals surface area contributed by atoms with E-state index in [0.717, 1.165) is 11.4 Å². The average Bonchev–Trinajstić information content (AvgIpc) is 2.91. The Morgan fingerprint density at radius 1 is 1.32 bits per heavy atom. The van der Waals surface area contributed by atoms with Crippen molar-refractivity contribution in [3.8, 4) is 0 Å². The Morgan fingerprint density at radius 3 is 2.79 bits per heavy atom. The number of imidazole rings is 1. The van der Waals surface area contributed by atoms with Crippen LogP contribution in [-0.2, 0) is 4.79 Å². The van der Waals surface area contributed by atoms with Gasteiger partial charge in [0.15, 0.2) is 0 Å². The Morgan fingerprint density at radius 2 is 2.11 bits per heavy atom. The lowest BCUT2D eigenvalue weighted by molar-refractivity contribution is -0.110. The van der Waals surface area contributed by atoms with Crippen molar-refractivity contribution in [3.63, 3.8) is 0 Å². The van der Waals surface area contributed by atoms with Gasteiger partial charge in [0.1, 0.15) is 0 Å². The van der Waals surface area contributed by atoms with E-state index in [9.17, 15) is 4.79 Å². The van der Waals surface area contributed by atoms with E-state index in [4.69, 9.17) is 11.5 Å². The highest BCUT2D eigenvalue weighted by atomic mass is 16.2. The fourth-order valence-electron chi connectivity index (χ4n) is 2.13. The zero-order valence-corrected chi connectivity index (χ0v) is 10.3. The summed E-state index contributed by atoms with van der Waals surface area (Å²) in [5, 5.41) is 2.77. The summed E-state index contributed by atoms with van der Waals surface area (Å²) in [7, 11) is 0. The summed E-state index contributed by atoms with van der Waals surface area (Å²) in [6.07, 6.45) is 3.32. The third kappa shape index (κ3) is 1.65. The van der Waals surface area contributed by atoms with E-state index in [1.165, 1.54) is 0 Å². The normalized spacial score (nSPS) is 15.6. The van der Waals surface area contributed by atoms with Gasteiger partial charge in [-0.3, -0.25) is 4.79 Å². The summed E-state index contributed by atoms with van der Waals surface area (Å²) in [6, 6.07) is 3.43. The molecule has 0 fully saturated rings. The molecule has 6 heteroatoms. The van der Waals surface area contributed by atoms with Gasteiger partial charge < -0.3 is 21.8 Å². The predicted octanol–water partition coefficient (Wildman–Crippen LogP) is 1.38. The molecule has 1 aliphatic heterocycles. The molecule has 1 amide bonds. The molecule has 0 saturated heterocycles. The Labute approximate surface area is 109 Å². The molecule has 19 heavy (non-hydrogen) atoms. The molecule has 0 spiro atoms. The molecule has 0 atom stereocenters. The summed E-state index contributed by atoms with van der Waals surface area (Å²) >= 11 is 0. The van der Waals surface area contributed by atoms with Crippen LogP contribution in [0.25, 0.3) is 11.6 Å². The third-order valence-electron chi connectivity index (χ3n) is 3.20. The summed E-state index contributed by atoms with van der Waals surface area (Å²) in [5.74, 6) is -0.193. The number of aromatic nitrogens is 2. The number of carbonyl (C=O) groups is 1. The number of nitrogen functional groups attached to an aromatic ring is 2. The fourth-order valence-corrected chi connectivity index (χ4v) is 2.13.